The Morgan fingerprint density at radius 1 is 1.05 bits per heavy atom. The lowest BCUT2D eigenvalue weighted by Gasteiger charge is -2.37. The number of likely N-dealkylation sites (N-methyl/N-ethyl adjacent to an activating group) is 1. The van der Waals surface area contributed by atoms with Crippen LogP contribution in [-0.4, -0.2) is 114 Å². The summed E-state index contributed by atoms with van der Waals surface area (Å²) >= 11 is 0. The quantitative estimate of drug-likeness (QED) is 0.189. The number of esters is 1. The van der Waals surface area contributed by atoms with Gasteiger partial charge in [0.15, 0.2) is 0 Å². The van der Waals surface area contributed by atoms with Crippen molar-refractivity contribution in [3.8, 4) is 22.4 Å². The molecule has 13 heteroatoms. The summed E-state index contributed by atoms with van der Waals surface area (Å²) in [5, 5.41) is 5.67. The van der Waals surface area contributed by atoms with Crippen LogP contribution in [0.15, 0.2) is 60.8 Å². The van der Waals surface area contributed by atoms with Gasteiger partial charge in [0.25, 0.3) is 5.91 Å². The molecule has 4 aromatic rings. The molecule has 0 radical (unpaired) electrons. The molecule has 3 aliphatic rings. The number of pyridine rings is 1. The molecule has 6 bridgehead atoms. The third-order valence-electron chi connectivity index (χ3n) is 13.0. The summed E-state index contributed by atoms with van der Waals surface area (Å²) in [7, 11) is 5.39. The van der Waals surface area contributed by atoms with E-state index in [-0.39, 0.29) is 48.7 Å². The number of carbonyl (C=O) groups is 4. The number of hydrogen-bond donors (Lipinski definition) is 2. The second kappa shape index (κ2) is 18.7. The van der Waals surface area contributed by atoms with Crippen LogP contribution in [0.5, 0.6) is 0 Å². The second-order valence-corrected chi connectivity index (χ2v) is 18.7. The highest BCUT2D eigenvalue weighted by Crippen LogP contribution is 2.42. The van der Waals surface area contributed by atoms with E-state index in [1.54, 1.807) is 25.3 Å². The minimum Gasteiger partial charge on any atom is -0.464 e. The number of methoxy groups -OCH3 is 1. The maximum atomic E-state index is 14.6. The Morgan fingerprint density at radius 3 is 2.53 bits per heavy atom. The van der Waals surface area contributed by atoms with E-state index in [1.165, 1.54) is 5.01 Å². The molecule has 332 valence electrons. The van der Waals surface area contributed by atoms with Crippen LogP contribution in [0.3, 0.4) is 0 Å². The predicted octanol–water partition coefficient (Wildman–Crippen LogP) is 6.18. The fraction of sp³-hybridized carbons (Fsp3) is 0.531. The van der Waals surface area contributed by atoms with Crippen molar-refractivity contribution in [3.63, 3.8) is 0 Å². The van der Waals surface area contributed by atoms with E-state index in [2.05, 4.69) is 77.4 Å². The summed E-state index contributed by atoms with van der Waals surface area (Å²) in [6.07, 6.45) is 4.18. The Balaban J connectivity index is 1.32. The van der Waals surface area contributed by atoms with Crippen molar-refractivity contribution in [2.24, 2.45) is 17.3 Å². The molecular weight excluding hydrogens is 783 g/mol. The molecule has 0 spiro atoms. The van der Waals surface area contributed by atoms with E-state index in [0.29, 0.717) is 32.4 Å². The van der Waals surface area contributed by atoms with Crippen LogP contribution in [0.1, 0.15) is 83.7 Å². The van der Waals surface area contributed by atoms with Crippen LogP contribution < -0.4 is 10.7 Å². The number of hydrazine groups is 1. The molecule has 2 saturated heterocycles. The number of cyclic esters (lactones) is 1. The molecule has 7 rings (SSSR count). The van der Waals surface area contributed by atoms with Crippen molar-refractivity contribution >= 4 is 34.6 Å². The van der Waals surface area contributed by atoms with Crippen molar-refractivity contribution < 1.29 is 28.7 Å². The van der Waals surface area contributed by atoms with Gasteiger partial charge in [-0.2, -0.15) is 0 Å². The zero-order valence-electron chi connectivity index (χ0n) is 38.0. The van der Waals surface area contributed by atoms with E-state index in [1.807, 2.05) is 46.0 Å². The van der Waals surface area contributed by atoms with Crippen LogP contribution in [0.2, 0.25) is 0 Å². The molecule has 3 aliphatic heterocycles. The monoisotopic (exact) mass is 847 g/mol. The topological polar surface area (TPSA) is 138 Å². The first kappa shape index (κ1) is 44.9. The molecule has 0 saturated carbocycles. The van der Waals surface area contributed by atoms with Crippen molar-refractivity contribution in [3.05, 3.63) is 77.6 Å². The number of hydrogen-bond acceptors (Lipinski definition) is 9. The van der Waals surface area contributed by atoms with Crippen LogP contribution in [0.4, 0.5) is 0 Å². The van der Waals surface area contributed by atoms with Crippen molar-refractivity contribution in [2.45, 2.75) is 104 Å². The van der Waals surface area contributed by atoms with Gasteiger partial charge in [-0.15, -0.1) is 0 Å². The lowest BCUT2D eigenvalue weighted by atomic mass is 9.84. The third-order valence-corrected chi connectivity index (χ3v) is 13.0. The summed E-state index contributed by atoms with van der Waals surface area (Å²) in [6, 6.07) is 16.2. The number of aryl methyl sites for hydroxylation is 1. The Kier molecular flexibility index (Phi) is 13.6. The fourth-order valence-corrected chi connectivity index (χ4v) is 9.73. The number of likely N-dealkylation sites (tertiary alicyclic amines) is 1. The smallest absolute Gasteiger partial charge is 0.324 e. The minimum atomic E-state index is -0.987. The first-order valence-corrected chi connectivity index (χ1v) is 22.3. The third kappa shape index (κ3) is 9.30. The van der Waals surface area contributed by atoms with Crippen molar-refractivity contribution in [1.29, 1.82) is 0 Å². The predicted molar refractivity (Wildman–Crippen MR) is 241 cm³/mol. The standard InChI is InChI=1S/C49H65N7O6/c1-10-55-41-19-18-34-26-37(41)38(44(55)36-16-12-21-50-42(36)31(4)61-9)27-49(5,6)29-62-48(60)39-17-13-22-56(52-39)47(59)40(25-32-14-11-15-33(34)24-32)51-45(57)43(30(2)3)54(8)46(58)35-20-23-53(7)28-35/h11-12,14-16,18-19,21,24,26,30-31,35,39-40,43,52H,10,13,17,20,22-23,25,27-29H2,1-9H3,(H,51,57)/t31-,35-,39-,40-,43?/m0/s1. The number of carbonyl (C=O) groups excluding carboxylic acids is 4. The minimum absolute atomic E-state index is 0.0684. The van der Waals surface area contributed by atoms with Crippen molar-refractivity contribution in [2.75, 3.05) is 47.4 Å². The SMILES string of the molecule is CCn1c(-c2cccnc2[C@H](C)OC)c2c3cc(ccc31)-c1cccc(c1)C[C@H](NC(=O)C(C(C)C)N(C)C(=O)[C@H]1CCN(C)C1)C(=O)N1CCC[C@H](N1)C(=O)OCC(C)(C)C2. The van der Waals surface area contributed by atoms with E-state index in [0.717, 1.165) is 69.6 Å². The fourth-order valence-electron chi connectivity index (χ4n) is 9.73. The van der Waals surface area contributed by atoms with E-state index >= 15 is 0 Å². The molecule has 5 atom stereocenters. The van der Waals surface area contributed by atoms with E-state index in [9.17, 15) is 19.2 Å². The average Bonchev–Trinajstić information content (AvgIpc) is 3.83. The first-order chi connectivity index (χ1) is 29.6. The number of aromatic nitrogens is 2. The summed E-state index contributed by atoms with van der Waals surface area (Å²) in [5.41, 5.74) is 10.7. The van der Waals surface area contributed by atoms with Gasteiger partial charge in [0.1, 0.15) is 18.1 Å². The van der Waals surface area contributed by atoms with Gasteiger partial charge in [-0.25, -0.2) is 5.43 Å². The summed E-state index contributed by atoms with van der Waals surface area (Å²) < 4.78 is 14.3. The first-order valence-electron chi connectivity index (χ1n) is 22.3. The molecule has 2 fully saturated rings. The van der Waals surface area contributed by atoms with E-state index in [4.69, 9.17) is 14.5 Å². The van der Waals surface area contributed by atoms with Gasteiger partial charge < -0.3 is 29.2 Å². The average molecular weight is 848 g/mol. The number of nitrogens with one attached hydrogen (secondary N) is 2. The van der Waals surface area contributed by atoms with Crippen LogP contribution in [0, 0.1) is 17.3 Å². The number of rotatable bonds is 9. The normalized spacial score (nSPS) is 22.0. The van der Waals surface area contributed by atoms with Gasteiger partial charge in [0.2, 0.25) is 11.8 Å². The maximum Gasteiger partial charge on any atom is 0.324 e. The summed E-state index contributed by atoms with van der Waals surface area (Å²) in [5.74, 6) is -1.64. The second-order valence-electron chi connectivity index (χ2n) is 18.7. The van der Waals surface area contributed by atoms with Crippen LogP contribution >= 0.6 is 0 Å². The van der Waals surface area contributed by atoms with Gasteiger partial charge in [-0.1, -0.05) is 58.0 Å². The highest BCUT2D eigenvalue weighted by molar-refractivity contribution is 5.96. The Bertz CT molecular complexity index is 2300. The maximum absolute atomic E-state index is 14.6. The molecule has 62 heavy (non-hydrogen) atoms. The van der Waals surface area contributed by atoms with E-state index < -0.39 is 29.5 Å². The van der Waals surface area contributed by atoms with Gasteiger partial charge in [0.05, 0.1) is 30.0 Å². The number of nitrogens with zero attached hydrogens (tertiary/aromatic N) is 5. The highest BCUT2D eigenvalue weighted by atomic mass is 16.5. The van der Waals surface area contributed by atoms with Crippen LogP contribution in [0.25, 0.3) is 33.3 Å². The molecule has 2 aromatic heterocycles. The number of ether oxygens (including phenoxy) is 2. The molecule has 5 heterocycles. The molecule has 2 aromatic carbocycles. The highest BCUT2D eigenvalue weighted by Gasteiger charge is 2.39. The Hall–Kier alpha value is -5.11. The van der Waals surface area contributed by atoms with Crippen molar-refractivity contribution in [1.82, 2.24) is 35.1 Å². The van der Waals surface area contributed by atoms with Gasteiger partial charge in [-0.3, -0.25) is 29.2 Å². The molecular formula is C49H65N7O6. The summed E-state index contributed by atoms with van der Waals surface area (Å²) in [4.78, 5) is 65.1. The van der Waals surface area contributed by atoms with Crippen LogP contribution in [-0.2, 0) is 48.0 Å². The number of benzene rings is 2. The molecule has 2 N–H and O–H groups in total. The zero-order valence-corrected chi connectivity index (χ0v) is 38.0. The lowest BCUT2D eigenvalue weighted by Crippen LogP contribution is -2.62. The molecule has 3 amide bonds. The summed E-state index contributed by atoms with van der Waals surface area (Å²) in [6.45, 7) is 14.9. The Labute approximate surface area is 366 Å². The van der Waals surface area contributed by atoms with Gasteiger partial charge in [0, 0.05) is 68.3 Å². The number of fused-ring (bicyclic) bond motifs is 6. The Morgan fingerprint density at radius 2 is 1.82 bits per heavy atom. The molecule has 1 unspecified atom stereocenters. The van der Waals surface area contributed by atoms with Gasteiger partial charge in [-0.05, 0) is 106 Å². The lowest BCUT2D eigenvalue weighted by molar-refractivity contribution is -0.155. The zero-order chi connectivity index (χ0) is 44.5. The van der Waals surface area contributed by atoms with Gasteiger partial charge >= 0.3 is 5.97 Å². The molecule has 0 aliphatic carbocycles. The number of amides is 3. The largest absolute Gasteiger partial charge is 0.464 e. The molecule has 13 nitrogen and oxygen atoms in total.